The van der Waals surface area contributed by atoms with Crippen molar-refractivity contribution in [1.29, 1.82) is 0 Å². The van der Waals surface area contributed by atoms with Gasteiger partial charge in [0.15, 0.2) is 0 Å². The summed E-state index contributed by atoms with van der Waals surface area (Å²) in [5.74, 6) is 2.24. The van der Waals surface area contributed by atoms with Gasteiger partial charge in [0.1, 0.15) is 5.82 Å². The minimum Gasteiger partial charge on any atom is -0.357 e. The van der Waals surface area contributed by atoms with Crippen molar-refractivity contribution in [3.05, 3.63) is 36.4 Å². The van der Waals surface area contributed by atoms with Crippen molar-refractivity contribution >= 4 is 11.8 Å². The van der Waals surface area contributed by atoms with Gasteiger partial charge in [0, 0.05) is 31.3 Å². The summed E-state index contributed by atoms with van der Waals surface area (Å²) in [6.45, 7) is 11.4. The normalized spacial score (nSPS) is 10.8. The molecule has 0 aliphatic heterocycles. The second kappa shape index (κ2) is 7.78. The van der Waals surface area contributed by atoms with Crippen LogP contribution in [-0.2, 0) is 0 Å². The lowest BCUT2D eigenvalue weighted by molar-refractivity contribution is 0.684. The molecule has 1 heterocycles. The van der Waals surface area contributed by atoms with Crippen molar-refractivity contribution in [2.45, 2.75) is 27.7 Å². The lowest BCUT2D eigenvalue weighted by Gasteiger charge is -2.21. The summed E-state index contributed by atoms with van der Waals surface area (Å²) in [6, 6.07) is 12.3. The van der Waals surface area contributed by atoms with E-state index in [1.165, 1.54) is 0 Å². The first-order chi connectivity index (χ1) is 10.6. The van der Waals surface area contributed by atoms with Crippen LogP contribution in [0.2, 0.25) is 0 Å². The highest BCUT2D eigenvalue weighted by molar-refractivity contribution is 5.64. The van der Waals surface area contributed by atoms with Crippen LogP contribution in [0.5, 0.6) is 0 Å². The zero-order valence-electron chi connectivity index (χ0n) is 14.0. The molecule has 4 heteroatoms. The lowest BCUT2D eigenvalue weighted by Crippen LogP contribution is -2.24. The molecule has 0 amide bonds. The van der Waals surface area contributed by atoms with Crippen LogP contribution in [0.1, 0.15) is 27.7 Å². The first-order valence-corrected chi connectivity index (χ1v) is 8.07. The summed E-state index contributed by atoms with van der Waals surface area (Å²) in [7, 11) is 0. The van der Waals surface area contributed by atoms with E-state index in [4.69, 9.17) is 0 Å². The Morgan fingerprint density at radius 3 is 2.32 bits per heavy atom. The quantitative estimate of drug-likeness (QED) is 0.837. The van der Waals surface area contributed by atoms with Crippen molar-refractivity contribution in [2.75, 3.05) is 29.9 Å². The summed E-state index contributed by atoms with van der Waals surface area (Å²) in [5.41, 5.74) is 2.08. The third-order valence-electron chi connectivity index (χ3n) is 3.54. The maximum absolute atomic E-state index is 4.68. The largest absolute Gasteiger partial charge is 0.357 e. The molecule has 0 spiro atoms. The van der Waals surface area contributed by atoms with E-state index >= 15 is 0 Å². The molecule has 1 aromatic carbocycles. The molecule has 0 bridgehead atoms. The van der Waals surface area contributed by atoms with Crippen molar-refractivity contribution in [3.8, 4) is 11.3 Å². The van der Waals surface area contributed by atoms with Gasteiger partial charge >= 0.3 is 0 Å². The number of aromatic nitrogens is 2. The van der Waals surface area contributed by atoms with Crippen molar-refractivity contribution in [2.24, 2.45) is 5.92 Å². The Kier molecular flexibility index (Phi) is 5.75. The Hall–Kier alpha value is -2.10. The standard InChI is InChI=1S/C18H26N4/c1-5-22(6-2)17-12-16(15-10-8-7-9-11-15)20-18(21-17)19-13-14(3)4/h7-12,14H,5-6,13H2,1-4H3,(H,19,20,21). The summed E-state index contributed by atoms with van der Waals surface area (Å²) >= 11 is 0. The smallest absolute Gasteiger partial charge is 0.225 e. The van der Waals surface area contributed by atoms with E-state index < -0.39 is 0 Å². The van der Waals surface area contributed by atoms with Gasteiger partial charge in [0.25, 0.3) is 0 Å². The molecule has 22 heavy (non-hydrogen) atoms. The van der Waals surface area contributed by atoms with Crippen LogP contribution in [-0.4, -0.2) is 29.6 Å². The molecule has 0 saturated heterocycles. The van der Waals surface area contributed by atoms with Crippen molar-refractivity contribution in [3.63, 3.8) is 0 Å². The molecule has 0 radical (unpaired) electrons. The maximum Gasteiger partial charge on any atom is 0.225 e. The monoisotopic (exact) mass is 298 g/mol. The average molecular weight is 298 g/mol. The fraction of sp³-hybridized carbons (Fsp3) is 0.444. The van der Waals surface area contributed by atoms with Crippen LogP contribution in [0.15, 0.2) is 36.4 Å². The van der Waals surface area contributed by atoms with Gasteiger partial charge in [-0.25, -0.2) is 4.98 Å². The summed E-state index contributed by atoms with van der Waals surface area (Å²) in [5, 5.41) is 3.35. The van der Waals surface area contributed by atoms with Gasteiger partial charge in [-0.1, -0.05) is 44.2 Å². The number of anilines is 2. The molecule has 0 fully saturated rings. The highest BCUT2D eigenvalue weighted by Crippen LogP contribution is 2.23. The van der Waals surface area contributed by atoms with Crippen LogP contribution in [0, 0.1) is 5.92 Å². The SMILES string of the molecule is CCN(CC)c1cc(-c2ccccc2)nc(NCC(C)C)n1. The number of nitrogens with zero attached hydrogens (tertiary/aromatic N) is 3. The number of nitrogens with one attached hydrogen (secondary N) is 1. The molecule has 118 valence electrons. The van der Waals surface area contributed by atoms with E-state index in [2.05, 4.69) is 66.1 Å². The molecule has 0 saturated carbocycles. The predicted molar refractivity (Wildman–Crippen MR) is 94.4 cm³/mol. The van der Waals surface area contributed by atoms with E-state index in [1.807, 2.05) is 18.2 Å². The Morgan fingerprint density at radius 1 is 1.05 bits per heavy atom. The predicted octanol–water partition coefficient (Wildman–Crippen LogP) is 4.06. The highest BCUT2D eigenvalue weighted by atomic mass is 15.2. The van der Waals surface area contributed by atoms with E-state index in [0.29, 0.717) is 11.9 Å². The molecule has 2 rings (SSSR count). The molecule has 0 unspecified atom stereocenters. The minimum absolute atomic E-state index is 0.556. The zero-order valence-corrected chi connectivity index (χ0v) is 14.0. The number of hydrogen-bond acceptors (Lipinski definition) is 4. The Labute approximate surface area is 133 Å². The lowest BCUT2D eigenvalue weighted by atomic mass is 10.1. The molecule has 2 aromatic rings. The first-order valence-electron chi connectivity index (χ1n) is 8.07. The van der Waals surface area contributed by atoms with Crippen molar-refractivity contribution in [1.82, 2.24) is 9.97 Å². The van der Waals surface area contributed by atoms with Gasteiger partial charge in [0.05, 0.1) is 5.69 Å². The molecular weight excluding hydrogens is 272 g/mol. The molecule has 1 N–H and O–H groups in total. The molecular formula is C18H26N4. The fourth-order valence-corrected chi connectivity index (χ4v) is 2.28. The number of benzene rings is 1. The van der Waals surface area contributed by atoms with Crippen molar-refractivity contribution < 1.29 is 0 Å². The van der Waals surface area contributed by atoms with E-state index in [1.54, 1.807) is 0 Å². The van der Waals surface area contributed by atoms with Crippen LogP contribution in [0.25, 0.3) is 11.3 Å². The van der Waals surface area contributed by atoms with Gasteiger partial charge in [-0.05, 0) is 19.8 Å². The van der Waals surface area contributed by atoms with E-state index in [-0.39, 0.29) is 0 Å². The van der Waals surface area contributed by atoms with Crippen LogP contribution >= 0.6 is 0 Å². The molecule has 0 aliphatic rings. The van der Waals surface area contributed by atoms with E-state index in [0.717, 1.165) is 36.7 Å². The Bertz CT molecular complexity index is 577. The second-order valence-electron chi connectivity index (χ2n) is 5.75. The number of rotatable bonds is 7. The zero-order chi connectivity index (χ0) is 15.9. The Morgan fingerprint density at radius 2 is 1.73 bits per heavy atom. The topological polar surface area (TPSA) is 41.1 Å². The molecule has 1 aromatic heterocycles. The molecule has 4 nitrogen and oxygen atoms in total. The van der Waals surface area contributed by atoms with Gasteiger partial charge in [-0.3, -0.25) is 0 Å². The molecule has 0 aliphatic carbocycles. The van der Waals surface area contributed by atoms with Crippen LogP contribution < -0.4 is 10.2 Å². The summed E-state index contributed by atoms with van der Waals surface area (Å²) in [6.07, 6.45) is 0. The van der Waals surface area contributed by atoms with Crippen LogP contribution in [0.4, 0.5) is 11.8 Å². The van der Waals surface area contributed by atoms with Gasteiger partial charge in [-0.2, -0.15) is 4.98 Å². The fourth-order valence-electron chi connectivity index (χ4n) is 2.28. The third-order valence-corrected chi connectivity index (χ3v) is 3.54. The van der Waals surface area contributed by atoms with Gasteiger partial charge < -0.3 is 10.2 Å². The minimum atomic E-state index is 0.556. The average Bonchev–Trinajstić information content (AvgIpc) is 2.55. The van der Waals surface area contributed by atoms with E-state index in [9.17, 15) is 0 Å². The van der Waals surface area contributed by atoms with Crippen LogP contribution in [0.3, 0.4) is 0 Å². The number of hydrogen-bond donors (Lipinski definition) is 1. The molecule has 0 atom stereocenters. The summed E-state index contributed by atoms with van der Waals surface area (Å²) in [4.78, 5) is 11.6. The third kappa shape index (κ3) is 4.20. The highest BCUT2D eigenvalue weighted by Gasteiger charge is 2.10. The summed E-state index contributed by atoms with van der Waals surface area (Å²) < 4.78 is 0. The first kappa shape index (κ1) is 16.3. The second-order valence-corrected chi connectivity index (χ2v) is 5.75. The van der Waals surface area contributed by atoms with Gasteiger partial charge in [0.2, 0.25) is 5.95 Å². The van der Waals surface area contributed by atoms with Gasteiger partial charge in [-0.15, -0.1) is 0 Å². The maximum atomic E-state index is 4.68. The Balaban J connectivity index is 2.39.